The fraction of sp³-hybridized carbons (Fsp3) is 0.296. The van der Waals surface area contributed by atoms with Crippen LogP contribution in [0.4, 0.5) is 0 Å². The number of carbonyl (C=O) groups excluding carboxylic acids is 1. The minimum absolute atomic E-state index is 0.0590. The number of amides is 1. The zero-order valence-electron chi connectivity index (χ0n) is 20.6. The van der Waals surface area contributed by atoms with Crippen molar-refractivity contribution in [2.24, 2.45) is 0 Å². The van der Waals surface area contributed by atoms with E-state index in [-0.39, 0.29) is 24.7 Å². The number of nitrogens with zero attached hydrogens (tertiary/aromatic N) is 2. The standard InChI is InChI=1S/C27H32N2O5S2/c1-4-15-29(36(31,32)21-23-9-6-5-7-10-23)20-27(30)28(19-24-11-8-17-35-24)16-14-22-12-13-25(33-2)26(18-22)34-3/h4-13,17-18H,1,14-16,19-21H2,2-3H3. The summed E-state index contributed by atoms with van der Waals surface area (Å²) in [5, 5.41) is 1.96. The van der Waals surface area contributed by atoms with Gasteiger partial charge in [-0.3, -0.25) is 4.79 Å². The average Bonchev–Trinajstić information content (AvgIpc) is 3.39. The SMILES string of the molecule is C=CCN(CC(=O)N(CCc1ccc(OC)c(OC)c1)Cc1cccs1)S(=O)(=O)Cc1ccccc1. The van der Waals surface area contributed by atoms with Gasteiger partial charge in [0.1, 0.15) is 0 Å². The van der Waals surface area contributed by atoms with E-state index in [0.717, 1.165) is 10.4 Å². The van der Waals surface area contributed by atoms with Crippen LogP contribution in [0.2, 0.25) is 0 Å². The molecule has 3 rings (SSSR count). The van der Waals surface area contributed by atoms with Gasteiger partial charge in [0.25, 0.3) is 0 Å². The quantitative estimate of drug-likeness (QED) is 0.291. The molecule has 0 saturated carbocycles. The number of thiophene rings is 1. The van der Waals surface area contributed by atoms with Crippen molar-refractivity contribution in [1.82, 2.24) is 9.21 Å². The van der Waals surface area contributed by atoms with E-state index < -0.39 is 10.0 Å². The molecule has 0 atom stereocenters. The van der Waals surface area contributed by atoms with Crippen LogP contribution in [0.15, 0.2) is 78.7 Å². The lowest BCUT2D eigenvalue weighted by Crippen LogP contribution is -2.43. The fourth-order valence-electron chi connectivity index (χ4n) is 3.73. The van der Waals surface area contributed by atoms with E-state index in [9.17, 15) is 13.2 Å². The van der Waals surface area contributed by atoms with E-state index in [0.29, 0.717) is 36.6 Å². The van der Waals surface area contributed by atoms with Crippen molar-refractivity contribution < 1.29 is 22.7 Å². The summed E-state index contributed by atoms with van der Waals surface area (Å²) < 4.78 is 38.2. The number of methoxy groups -OCH3 is 2. The van der Waals surface area contributed by atoms with E-state index in [1.54, 1.807) is 54.7 Å². The highest BCUT2D eigenvalue weighted by atomic mass is 32.2. The molecule has 0 spiro atoms. The second-order valence-corrected chi connectivity index (χ2v) is 11.2. The van der Waals surface area contributed by atoms with Crippen molar-refractivity contribution in [3.05, 3.63) is 94.7 Å². The third-order valence-corrected chi connectivity index (χ3v) is 8.25. The maximum atomic E-state index is 13.4. The van der Waals surface area contributed by atoms with Crippen molar-refractivity contribution in [2.45, 2.75) is 18.7 Å². The van der Waals surface area contributed by atoms with E-state index in [2.05, 4.69) is 6.58 Å². The maximum absolute atomic E-state index is 13.4. The molecule has 1 amide bonds. The largest absolute Gasteiger partial charge is 0.493 e. The lowest BCUT2D eigenvalue weighted by molar-refractivity contribution is -0.131. The number of sulfonamides is 1. The van der Waals surface area contributed by atoms with Crippen LogP contribution in [0.3, 0.4) is 0 Å². The number of benzene rings is 2. The summed E-state index contributed by atoms with van der Waals surface area (Å²) in [6.45, 7) is 4.33. The Bertz CT molecular complexity index is 1230. The van der Waals surface area contributed by atoms with E-state index >= 15 is 0 Å². The highest BCUT2D eigenvalue weighted by Crippen LogP contribution is 2.28. The molecular weight excluding hydrogens is 496 g/mol. The van der Waals surface area contributed by atoms with Crippen molar-refractivity contribution in [3.8, 4) is 11.5 Å². The third kappa shape index (κ3) is 7.68. The first kappa shape index (κ1) is 27.4. The second kappa shape index (κ2) is 13.2. The Balaban J connectivity index is 1.76. The molecular formula is C27H32N2O5S2. The molecule has 36 heavy (non-hydrogen) atoms. The first-order valence-electron chi connectivity index (χ1n) is 11.5. The number of carbonyl (C=O) groups is 1. The average molecular weight is 529 g/mol. The zero-order valence-corrected chi connectivity index (χ0v) is 22.3. The molecule has 0 saturated heterocycles. The Morgan fingerprint density at radius 2 is 1.75 bits per heavy atom. The van der Waals surface area contributed by atoms with Gasteiger partial charge in [0.2, 0.25) is 15.9 Å². The van der Waals surface area contributed by atoms with Gasteiger partial charge in [-0.15, -0.1) is 17.9 Å². The molecule has 0 radical (unpaired) electrons. The minimum Gasteiger partial charge on any atom is -0.493 e. The van der Waals surface area contributed by atoms with Gasteiger partial charge in [-0.2, -0.15) is 4.31 Å². The Hall–Kier alpha value is -3.14. The second-order valence-electron chi connectivity index (χ2n) is 8.16. The van der Waals surface area contributed by atoms with Crippen molar-refractivity contribution in [2.75, 3.05) is 33.9 Å². The molecule has 2 aromatic carbocycles. The van der Waals surface area contributed by atoms with Crippen molar-refractivity contribution >= 4 is 27.3 Å². The normalized spacial score (nSPS) is 11.3. The van der Waals surface area contributed by atoms with Gasteiger partial charge in [-0.25, -0.2) is 8.42 Å². The van der Waals surface area contributed by atoms with Gasteiger partial charge in [0.15, 0.2) is 11.5 Å². The smallest absolute Gasteiger partial charge is 0.238 e. The maximum Gasteiger partial charge on any atom is 0.238 e. The van der Waals surface area contributed by atoms with Crippen LogP contribution in [-0.2, 0) is 33.5 Å². The fourth-order valence-corrected chi connectivity index (χ4v) is 5.89. The van der Waals surface area contributed by atoms with Crippen LogP contribution in [0.5, 0.6) is 11.5 Å². The van der Waals surface area contributed by atoms with Gasteiger partial charge in [-0.1, -0.05) is 48.5 Å². The highest BCUT2D eigenvalue weighted by molar-refractivity contribution is 7.88. The van der Waals surface area contributed by atoms with Crippen LogP contribution < -0.4 is 9.47 Å². The topological polar surface area (TPSA) is 76.2 Å². The molecule has 0 bridgehead atoms. The summed E-state index contributed by atoms with van der Waals surface area (Å²) in [4.78, 5) is 16.2. The van der Waals surface area contributed by atoms with E-state index in [1.807, 2.05) is 41.8 Å². The monoisotopic (exact) mass is 528 g/mol. The lowest BCUT2D eigenvalue weighted by atomic mass is 10.1. The first-order chi connectivity index (χ1) is 17.4. The van der Waals surface area contributed by atoms with Crippen molar-refractivity contribution in [3.63, 3.8) is 0 Å². The summed E-state index contributed by atoms with van der Waals surface area (Å²) in [5.74, 6) is 0.819. The summed E-state index contributed by atoms with van der Waals surface area (Å²) in [7, 11) is -0.560. The lowest BCUT2D eigenvalue weighted by Gasteiger charge is -2.27. The number of rotatable bonds is 14. The number of ether oxygens (including phenoxy) is 2. The molecule has 9 heteroatoms. The van der Waals surface area contributed by atoms with Gasteiger partial charge in [0, 0.05) is 18.0 Å². The molecule has 0 N–H and O–H groups in total. The van der Waals surface area contributed by atoms with E-state index in [4.69, 9.17) is 9.47 Å². The van der Waals surface area contributed by atoms with Crippen LogP contribution in [0, 0.1) is 0 Å². The molecule has 7 nitrogen and oxygen atoms in total. The Labute approximate surface area is 217 Å². The van der Waals surface area contributed by atoms with Gasteiger partial charge in [-0.05, 0) is 41.1 Å². The van der Waals surface area contributed by atoms with Crippen LogP contribution >= 0.6 is 11.3 Å². The minimum atomic E-state index is -3.73. The third-order valence-electron chi connectivity index (χ3n) is 5.63. The number of hydrogen-bond acceptors (Lipinski definition) is 6. The molecule has 192 valence electrons. The zero-order chi connectivity index (χ0) is 26.0. The highest BCUT2D eigenvalue weighted by Gasteiger charge is 2.26. The van der Waals surface area contributed by atoms with Gasteiger partial charge >= 0.3 is 0 Å². The Kier molecular flexibility index (Phi) is 10.1. The molecule has 0 aliphatic carbocycles. The molecule has 1 aromatic heterocycles. The summed E-state index contributed by atoms with van der Waals surface area (Å²) in [6, 6.07) is 18.5. The first-order valence-corrected chi connectivity index (χ1v) is 14.0. The predicted molar refractivity (Wildman–Crippen MR) is 144 cm³/mol. The predicted octanol–water partition coefficient (Wildman–Crippen LogP) is 4.35. The van der Waals surface area contributed by atoms with Crippen LogP contribution in [0.1, 0.15) is 16.0 Å². The van der Waals surface area contributed by atoms with Crippen LogP contribution in [0.25, 0.3) is 0 Å². The number of hydrogen-bond donors (Lipinski definition) is 0. The molecule has 0 fully saturated rings. The molecule has 3 aromatic rings. The van der Waals surface area contributed by atoms with Crippen molar-refractivity contribution in [1.29, 1.82) is 0 Å². The van der Waals surface area contributed by atoms with Gasteiger partial charge in [0.05, 0.1) is 33.1 Å². The summed E-state index contributed by atoms with van der Waals surface area (Å²) in [6.07, 6.45) is 2.08. The molecule has 0 unspecified atom stereocenters. The Morgan fingerprint density at radius 1 is 1.00 bits per heavy atom. The summed E-state index contributed by atoms with van der Waals surface area (Å²) in [5.41, 5.74) is 1.65. The van der Waals surface area contributed by atoms with Crippen LogP contribution in [-0.4, -0.2) is 57.4 Å². The summed E-state index contributed by atoms with van der Waals surface area (Å²) >= 11 is 1.56. The Morgan fingerprint density at radius 3 is 2.39 bits per heavy atom. The molecule has 0 aliphatic rings. The van der Waals surface area contributed by atoms with E-state index in [1.165, 1.54) is 10.4 Å². The molecule has 0 aliphatic heterocycles. The van der Waals surface area contributed by atoms with Gasteiger partial charge < -0.3 is 14.4 Å². The molecule has 1 heterocycles.